The van der Waals surface area contributed by atoms with Crippen LogP contribution in [0.4, 0.5) is 34.1 Å². The molecule has 3 amide bonds. The average Bonchev–Trinajstić information content (AvgIpc) is 3.57. The minimum absolute atomic E-state index is 0.0699. The topological polar surface area (TPSA) is 117 Å². The molecule has 10 nitrogen and oxygen atoms in total. The van der Waals surface area contributed by atoms with Gasteiger partial charge in [-0.25, -0.2) is 9.59 Å². The minimum atomic E-state index is -4.77. The Labute approximate surface area is 269 Å². The van der Waals surface area contributed by atoms with Crippen LogP contribution < -0.4 is 11.1 Å². The molecular weight excluding hydrogens is 627 g/mol. The maximum absolute atomic E-state index is 13.9. The van der Waals surface area contributed by atoms with Gasteiger partial charge in [-0.1, -0.05) is 29.8 Å². The zero-order valence-electron chi connectivity index (χ0n) is 25.3. The zero-order valence-corrected chi connectivity index (χ0v) is 26.0. The Bertz CT molecular complexity index is 1480. The summed E-state index contributed by atoms with van der Waals surface area (Å²) in [5, 5.41) is 2.40. The second-order valence-electron chi connectivity index (χ2n) is 12.5. The van der Waals surface area contributed by atoms with Gasteiger partial charge in [0.05, 0.1) is 22.0 Å². The van der Waals surface area contributed by atoms with Gasteiger partial charge < -0.3 is 29.9 Å². The summed E-state index contributed by atoms with van der Waals surface area (Å²) in [6.07, 6.45) is -3.36. The molecule has 6 rings (SSSR count). The predicted molar refractivity (Wildman–Crippen MR) is 164 cm³/mol. The van der Waals surface area contributed by atoms with Gasteiger partial charge in [0.1, 0.15) is 5.60 Å². The molecule has 1 atom stereocenters. The number of nitrogen functional groups attached to an aromatic ring is 1. The fourth-order valence-electron chi connectivity index (χ4n) is 7.16. The van der Waals surface area contributed by atoms with Crippen LogP contribution in [0.2, 0.25) is 5.02 Å². The highest BCUT2D eigenvalue weighted by molar-refractivity contribution is 6.33. The van der Waals surface area contributed by atoms with Crippen molar-refractivity contribution in [3.63, 3.8) is 0 Å². The second kappa shape index (κ2) is 12.8. The standard InChI is InChI=1S/C32H37ClF3N5O5/c33-24-18-20(17-23(27(24)37)32(34,35)36)19-26(28(42)40-13-7-21(8-14-40)39-11-3-4-12-39)45-30(44)41-15-9-31(10-16-41)22-5-1-2-6-25(22)38-29(43)46-31/h1-2,5-6,17-18,21,26H,3-4,7-16,19,37H2,(H,38,43)/t26-/m1/s1. The number of alkyl halides is 3. The predicted octanol–water partition coefficient (Wildman–Crippen LogP) is 5.63. The maximum Gasteiger partial charge on any atom is 0.418 e. The Morgan fingerprint density at radius 3 is 2.39 bits per heavy atom. The molecule has 4 aliphatic rings. The van der Waals surface area contributed by atoms with Crippen LogP contribution in [0, 0.1) is 0 Å². The van der Waals surface area contributed by atoms with E-state index in [0.717, 1.165) is 50.4 Å². The number of fused-ring (bicyclic) bond motifs is 2. The van der Waals surface area contributed by atoms with Crippen molar-refractivity contribution in [3.05, 3.63) is 58.1 Å². The molecular formula is C32H37ClF3N5O5. The summed E-state index contributed by atoms with van der Waals surface area (Å²) in [5.41, 5.74) is 4.52. The third kappa shape index (κ3) is 6.57. The average molecular weight is 664 g/mol. The number of amides is 3. The van der Waals surface area contributed by atoms with Crippen molar-refractivity contribution < 1.29 is 37.0 Å². The van der Waals surface area contributed by atoms with E-state index >= 15 is 0 Å². The summed E-state index contributed by atoms with van der Waals surface area (Å²) in [6.45, 7) is 3.33. The van der Waals surface area contributed by atoms with Crippen molar-refractivity contribution in [2.75, 3.05) is 50.3 Å². The van der Waals surface area contributed by atoms with Crippen LogP contribution in [0.1, 0.15) is 55.2 Å². The quantitative estimate of drug-likeness (QED) is 0.399. The lowest BCUT2D eigenvalue weighted by atomic mass is 9.82. The molecule has 3 N–H and O–H groups in total. The Morgan fingerprint density at radius 1 is 1.04 bits per heavy atom. The van der Waals surface area contributed by atoms with E-state index in [9.17, 15) is 27.6 Å². The molecule has 46 heavy (non-hydrogen) atoms. The van der Waals surface area contributed by atoms with Crippen LogP contribution in [-0.4, -0.2) is 84.2 Å². The fourth-order valence-corrected chi connectivity index (χ4v) is 7.40. The summed E-state index contributed by atoms with van der Waals surface area (Å²) in [4.78, 5) is 45.2. The van der Waals surface area contributed by atoms with E-state index in [2.05, 4.69) is 10.2 Å². The molecule has 248 valence electrons. The third-order valence-electron chi connectivity index (χ3n) is 9.64. The number of rotatable bonds is 5. The van der Waals surface area contributed by atoms with Crippen LogP contribution in [-0.2, 0) is 32.5 Å². The van der Waals surface area contributed by atoms with Gasteiger partial charge in [0.2, 0.25) is 0 Å². The lowest BCUT2D eigenvalue weighted by molar-refractivity contribution is -0.142. The van der Waals surface area contributed by atoms with E-state index in [0.29, 0.717) is 37.7 Å². The van der Waals surface area contributed by atoms with Crippen molar-refractivity contribution in [1.82, 2.24) is 14.7 Å². The number of carbonyl (C=O) groups excluding carboxylic acids is 3. The number of hydrogen-bond acceptors (Lipinski definition) is 7. The van der Waals surface area contributed by atoms with Gasteiger partial charge in [-0.2, -0.15) is 13.2 Å². The number of hydrogen-bond donors (Lipinski definition) is 2. The first-order valence-electron chi connectivity index (χ1n) is 15.7. The smallest absolute Gasteiger partial charge is 0.418 e. The summed E-state index contributed by atoms with van der Waals surface area (Å²) in [7, 11) is 0. The van der Waals surface area contributed by atoms with E-state index in [1.807, 2.05) is 18.2 Å². The summed E-state index contributed by atoms with van der Waals surface area (Å²) in [6, 6.07) is 9.80. The second-order valence-corrected chi connectivity index (χ2v) is 12.9. The Morgan fingerprint density at radius 2 is 1.72 bits per heavy atom. The molecule has 2 aromatic carbocycles. The first-order chi connectivity index (χ1) is 21.9. The number of nitrogens with one attached hydrogen (secondary N) is 1. The number of nitrogens with two attached hydrogens (primary N) is 1. The molecule has 3 fully saturated rings. The summed E-state index contributed by atoms with van der Waals surface area (Å²) in [5.74, 6) is -0.468. The van der Waals surface area contributed by atoms with Gasteiger partial charge in [-0.15, -0.1) is 0 Å². The number of halogens is 4. The lowest BCUT2D eigenvalue weighted by Gasteiger charge is -2.44. The van der Waals surface area contributed by atoms with Crippen LogP contribution in [0.25, 0.3) is 0 Å². The monoisotopic (exact) mass is 663 g/mol. The van der Waals surface area contributed by atoms with E-state index in [1.54, 1.807) is 11.0 Å². The third-order valence-corrected chi connectivity index (χ3v) is 9.95. The number of anilines is 2. The lowest BCUT2D eigenvalue weighted by Crippen LogP contribution is -2.52. The molecule has 0 aliphatic carbocycles. The fraction of sp³-hybridized carbons (Fsp3) is 0.531. The number of nitrogens with zero attached hydrogens (tertiary/aromatic N) is 3. The molecule has 4 aliphatic heterocycles. The number of benzene rings is 2. The highest BCUT2D eigenvalue weighted by Crippen LogP contribution is 2.43. The Hall–Kier alpha value is -3.71. The molecule has 3 saturated heterocycles. The van der Waals surface area contributed by atoms with E-state index < -0.39 is 47.2 Å². The van der Waals surface area contributed by atoms with E-state index in [4.69, 9.17) is 26.8 Å². The van der Waals surface area contributed by atoms with Crippen LogP contribution in [0.5, 0.6) is 0 Å². The van der Waals surface area contributed by atoms with Gasteiger partial charge in [0.15, 0.2) is 6.10 Å². The number of piperidine rings is 2. The number of likely N-dealkylation sites (tertiary alicyclic amines) is 3. The molecule has 4 heterocycles. The van der Waals surface area contributed by atoms with Crippen molar-refractivity contribution in [2.45, 2.75) is 68.9 Å². The van der Waals surface area contributed by atoms with Crippen LogP contribution in [0.3, 0.4) is 0 Å². The normalized spacial score (nSPS) is 21.0. The summed E-state index contributed by atoms with van der Waals surface area (Å²) < 4.78 is 52.8. The summed E-state index contributed by atoms with van der Waals surface area (Å²) >= 11 is 6.08. The molecule has 0 unspecified atom stereocenters. The maximum atomic E-state index is 13.9. The van der Waals surface area contributed by atoms with Crippen molar-refractivity contribution in [2.24, 2.45) is 0 Å². The SMILES string of the molecule is Nc1c(Cl)cc(C[C@@H](OC(=O)N2CCC3(CC2)OC(=O)Nc2ccccc23)C(=O)N2CCC(N3CCCC3)CC2)cc1C(F)(F)F. The largest absolute Gasteiger partial charge is 0.438 e. The molecule has 0 saturated carbocycles. The van der Waals surface area contributed by atoms with Crippen molar-refractivity contribution in [1.29, 1.82) is 0 Å². The highest BCUT2D eigenvalue weighted by Gasteiger charge is 2.46. The molecule has 0 aromatic heterocycles. The van der Waals surface area contributed by atoms with Gasteiger partial charge in [0.25, 0.3) is 5.91 Å². The Kier molecular flexibility index (Phi) is 8.99. The van der Waals surface area contributed by atoms with Gasteiger partial charge in [-0.3, -0.25) is 10.1 Å². The zero-order chi connectivity index (χ0) is 32.6. The highest BCUT2D eigenvalue weighted by atomic mass is 35.5. The van der Waals surface area contributed by atoms with Crippen LogP contribution >= 0.6 is 11.6 Å². The first kappa shape index (κ1) is 32.2. The minimum Gasteiger partial charge on any atom is -0.438 e. The van der Waals surface area contributed by atoms with E-state index in [1.165, 1.54) is 11.0 Å². The molecule has 2 aromatic rings. The van der Waals surface area contributed by atoms with Crippen molar-refractivity contribution >= 4 is 41.1 Å². The molecule has 1 spiro atoms. The van der Waals surface area contributed by atoms with Crippen LogP contribution in [0.15, 0.2) is 36.4 Å². The first-order valence-corrected chi connectivity index (χ1v) is 16.0. The Balaban J connectivity index is 1.18. The number of para-hydroxylation sites is 1. The number of ether oxygens (including phenoxy) is 2. The van der Waals surface area contributed by atoms with Crippen molar-refractivity contribution in [3.8, 4) is 0 Å². The number of carbonyl (C=O) groups is 3. The van der Waals surface area contributed by atoms with Gasteiger partial charge in [-0.05, 0) is 62.5 Å². The van der Waals surface area contributed by atoms with E-state index in [-0.39, 0.29) is 30.1 Å². The molecule has 14 heteroatoms. The molecule has 0 bridgehead atoms. The van der Waals surface area contributed by atoms with Gasteiger partial charge >= 0.3 is 18.4 Å². The molecule has 0 radical (unpaired) electrons. The van der Waals surface area contributed by atoms with Gasteiger partial charge in [0, 0.05) is 57.0 Å².